The van der Waals surface area contributed by atoms with Crippen LogP contribution in [0.15, 0.2) is 36.0 Å². The Balaban J connectivity index is 1.97. The molecule has 2 N–H and O–H groups in total. The average molecular weight is 360 g/mol. The smallest absolute Gasteiger partial charge is 0.309 e. The van der Waals surface area contributed by atoms with Crippen LogP contribution in [0.25, 0.3) is 0 Å². The van der Waals surface area contributed by atoms with Crippen LogP contribution in [0.2, 0.25) is 0 Å². The van der Waals surface area contributed by atoms with Gasteiger partial charge in [0, 0.05) is 5.92 Å². The Bertz CT molecular complexity index is 630. The summed E-state index contributed by atoms with van der Waals surface area (Å²) in [5.41, 5.74) is 1.09. The van der Waals surface area contributed by atoms with Gasteiger partial charge < -0.3 is 14.9 Å². The van der Waals surface area contributed by atoms with Gasteiger partial charge in [0.2, 0.25) is 0 Å². The van der Waals surface area contributed by atoms with E-state index in [9.17, 15) is 15.0 Å². The quantitative estimate of drug-likeness (QED) is 0.590. The van der Waals surface area contributed by atoms with Gasteiger partial charge in [-0.15, -0.1) is 0 Å². The van der Waals surface area contributed by atoms with E-state index in [1.807, 2.05) is 31.2 Å². The van der Waals surface area contributed by atoms with Gasteiger partial charge in [-0.1, -0.05) is 36.0 Å². The number of fused-ring (bicyclic) bond motifs is 3. The van der Waals surface area contributed by atoms with Gasteiger partial charge in [-0.3, -0.25) is 4.79 Å². The lowest BCUT2D eigenvalue weighted by Crippen LogP contribution is -2.61. The van der Waals surface area contributed by atoms with Crippen LogP contribution in [-0.4, -0.2) is 34.0 Å². The van der Waals surface area contributed by atoms with Crippen molar-refractivity contribution in [1.82, 2.24) is 0 Å². The Morgan fingerprint density at radius 2 is 2.08 bits per heavy atom. The summed E-state index contributed by atoms with van der Waals surface area (Å²) in [6.45, 7) is 8.36. The Morgan fingerprint density at radius 1 is 1.35 bits per heavy atom. The number of rotatable bonds is 3. The average Bonchev–Trinajstić information content (AvgIpc) is 2.53. The maximum atomic E-state index is 12.0. The van der Waals surface area contributed by atoms with Crippen LogP contribution in [-0.2, 0) is 9.53 Å². The van der Waals surface area contributed by atoms with Gasteiger partial charge in [0.15, 0.2) is 0 Å². The number of carboxylic acids is 1. The fourth-order valence-corrected chi connectivity index (χ4v) is 5.50. The molecule has 0 aromatic rings. The number of carbonyl (C=O) groups is 1. The third kappa shape index (κ3) is 3.41. The molecule has 144 valence electrons. The number of aliphatic hydroxyl groups is 1. The lowest BCUT2D eigenvalue weighted by Gasteiger charge is -2.57. The van der Waals surface area contributed by atoms with Gasteiger partial charge >= 0.3 is 5.97 Å². The number of aliphatic hydroxyl groups excluding tert-OH is 1. The Labute approximate surface area is 156 Å². The lowest BCUT2D eigenvalue weighted by atomic mass is 9.57. The maximum Gasteiger partial charge on any atom is 0.309 e. The summed E-state index contributed by atoms with van der Waals surface area (Å²) in [6.07, 6.45) is 11.6. The molecule has 4 nitrogen and oxygen atoms in total. The molecule has 1 saturated carbocycles. The second kappa shape index (κ2) is 7.32. The minimum absolute atomic E-state index is 0.112. The van der Waals surface area contributed by atoms with Crippen molar-refractivity contribution < 1.29 is 19.7 Å². The number of hydrogen-bond acceptors (Lipinski definition) is 3. The maximum absolute atomic E-state index is 12.0. The normalized spacial score (nSPS) is 42.3. The largest absolute Gasteiger partial charge is 0.481 e. The van der Waals surface area contributed by atoms with E-state index in [4.69, 9.17) is 4.74 Å². The van der Waals surface area contributed by atoms with E-state index in [-0.39, 0.29) is 29.5 Å². The lowest BCUT2D eigenvalue weighted by molar-refractivity contribution is -0.235. The van der Waals surface area contributed by atoms with Gasteiger partial charge in [0.25, 0.3) is 0 Å². The molecule has 3 rings (SSSR count). The standard InChI is InChI=1S/C22H32O4/c1-5-6-7-8-14-12-17-19(20(23)18(14)21(24)25)15-11-13(2)9-10-16(15)22(3,4)26-17/h5-8,11,14-20,23H,9-10,12H2,1-4H3,(H,24,25). The van der Waals surface area contributed by atoms with Crippen LogP contribution in [0.1, 0.15) is 47.0 Å². The highest BCUT2D eigenvalue weighted by atomic mass is 16.5. The molecule has 4 heteroatoms. The van der Waals surface area contributed by atoms with Crippen LogP contribution < -0.4 is 0 Å². The van der Waals surface area contributed by atoms with Crippen molar-refractivity contribution in [1.29, 1.82) is 0 Å². The van der Waals surface area contributed by atoms with E-state index < -0.39 is 18.0 Å². The molecule has 7 unspecified atom stereocenters. The topological polar surface area (TPSA) is 66.8 Å². The number of ether oxygens (including phenoxy) is 1. The SMILES string of the molecule is CC=CC=CC1CC2OC(C)(C)C3CCC(C)=CC3C2C(O)C1C(=O)O. The summed E-state index contributed by atoms with van der Waals surface area (Å²) in [4.78, 5) is 12.0. The first-order chi connectivity index (χ1) is 12.3. The first-order valence-electron chi connectivity index (χ1n) is 9.81. The Morgan fingerprint density at radius 3 is 2.73 bits per heavy atom. The molecule has 7 atom stereocenters. The molecule has 2 fully saturated rings. The Hall–Kier alpha value is -1.39. The minimum Gasteiger partial charge on any atom is -0.481 e. The van der Waals surface area contributed by atoms with E-state index in [0.717, 1.165) is 12.8 Å². The van der Waals surface area contributed by atoms with Crippen LogP contribution in [0.3, 0.4) is 0 Å². The van der Waals surface area contributed by atoms with Gasteiger partial charge in [-0.2, -0.15) is 0 Å². The third-order valence-electron chi connectivity index (χ3n) is 6.69. The second-order valence-electron chi connectivity index (χ2n) is 8.74. The third-order valence-corrected chi connectivity index (χ3v) is 6.69. The molecule has 0 aromatic heterocycles. The van der Waals surface area contributed by atoms with Crippen molar-refractivity contribution in [3.63, 3.8) is 0 Å². The molecule has 0 bridgehead atoms. The van der Waals surface area contributed by atoms with E-state index in [2.05, 4.69) is 26.8 Å². The number of carboxylic acid groups (broad SMARTS) is 1. The van der Waals surface area contributed by atoms with Crippen molar-refractivity contribution in [3.8, 4) is 0 Å². The predicted molar refractivity (Wildman–Crippen MR) is 102 cm³/mol. The van der Waals surface area contributed by atoms with Crippen LogP contribution in [0.5, 0.6) is 0 Å². The summed E-state index contributed by atoms with van der Waals surface area (Å²) in [5.74, 6) is -1.54. The highest BCUT2D eigenvalue weighted by molar-refractivity contribution is 5.72. The van der Waals surface area contributed by atoms with Crippen molar-refractivity contribution in [2.45, 2.75) is 64.8 Å². The fourth-order valence-electron chi connectivity index (χ4n) is 5.50. The van der Waals surface area contributed by atoms with Crippen LogP contribution >= 0.6 is 0 Å². The number of hydrogen-bond donors (Lipinski definition) is 2. The van der Waals surface area contributed by atoms with E-state index >= 15 is 0 Å². The van der Waals surface area contributed by atoms with Crippen molar-refractivity contribution in [2.24, 2.45) is 29.6 Å². The monoisotopic (exact) mass is 360 g/mol. The van der Waals surface area contributed by atoms with Crippen LogP contribution in [0.4, 0.5) is 0 Å². The summed E-state index contributed by atoms with van der Waals surface area (Å²) < 4.78 is 6.48. The zero-order valence-corrected chi connectivity index (χ0v) is 16.3. The molecule has 0 radical (unpaired) electrons. The molecule has 1 aliphatic heterocycles. The first-order valence-corrected chi connectivity index (χ1v) is 9.81. The Kier molecular flexibility index (Phi) is 5.45. The van der Waals surface area contributed by atoms with Gasteiger partial charge in [-0.05, 0) is 64.7 Å². The highest BCUT2D eigenvalue weighted by Gasteiger charge is 2.57. The molecule has 0 aromatic carbocycles. The molecule has 3 aliphatic rings. The van der Waals surface area contributed by atoms with Crippen molar-refractivity contribution in [2.75, 3.05) is 0 Å². The minimum atomic E-state index is -0.913. The summed E-state index contributed by atoms with van der Waals surface area (Å²) in [7, 11) is 0. The van der Waals surface area contributed by atoms with Crippen molar-refractivity contribution >= 4 is 5.97 Å². The molecule has 1 heterocycles. The summed E-state index contributed by atoms with van der Waals surface area (Å²) in [5, 5.41) is 20.9. The molecule has 26 heavy (non-hydrogen) atoms. The van der Waals surface area contributed by atoms with Gasteiger partial charge in [0.05, 0.1) is 23.7 Å². The molecule has 2 aliphatic carbocycles. The molecule has 0 spiro atoms. The zero-order valence-electron chi connectivity index (χ0n) is 16.3. The van der Waals surface area contributed by atoms with Gasteiger partial charge in [-0.25, -0.2) is 0 Å². The number of allylic oxidation sites excluding steroid dienone is 6. The van der Waals surface area contributed by atoms with Crippen molar-refractivity contribution in [3.05, 3.63) is 36.0 Å². The summed E-state index contributed by atoms with van der Waals surface area (Å²) in [6, 6.07) is 0. The molecule has 1 saturated heterocycles. The second-order valence-corrected chi connectivity index (χ2v) is 8.74. The van der Waals surface area contributed by atoms with Gasteiger partial charge in [0.1, 0.15) is 0 Å². The van der Waals surface area contributed by atoms with E-state index in [1.165, 1.54) is 5.57 Å². The summed E-state index contributed by atoms with van der Waals surface area (Å²) >= 11 is 0. The van der Waals surface area contributed by atoms with E-state index in [0.29, 0.717) is 12.3 Å². The van der Waals surface area contributed by atoms with Crippen LogP contribution in [0, 0.1) is 29.6 Å². The molecular weight excluding hydrogens is 328 g/mol. The fraction of sp³-hybridized carbons (Fsp3) is 0.682. The highest BCUT2D eigenvalue weighted by Crippen LogP contribution is 2.53. The molecular formula is C22H32O4. The molecule has 0 amide bonds. The predicted octanol–water partition coefficient (Wildman–Crippen LogP) is 3.97. The zero-order chi connectivity index (χ0) is 19.1. The first kappa shape index (κ1) is 19.4. The number of aliphatic carboxylic acids is 1. The van der Waals surface area contributed by atoms with E-state index in [1.54, 1.807) is 0 Å².